The molecule has 0 unspecified atom stereocenters. The molecule has 1 atom stereocenters. The Morgan fingerprint density at radius 3 is 2.68 bits per heavy atom. The van der Waals surface area contributed by atoms with E-state index < -0.39 is 6.10 Å². The van der Waals surface area contributed by atoms with Gasteiger partial charge in [-0.1, -0.05) is 52.7 Å². The molecule has 0 aliphatic carbocycles. The van der Waals surface area contributed by atoms with E-state index in [1.807, 2.05) is 31.2 Å². The summed E-state index contributed by atoms with van der Waals surface area (Å²) >= 11 is 13.1. The average molecular weight is 438 g/mol. The van der Waals surface area contributed by atoms with E-state index in [2.05, 4.69) is 15.5 Å². The molecule has 0 saturated heterocycles. The molecule has 28 heavy (non-hydrogen) atoms. The van der Waals surface area contributed by atoms with Crippen molar-refractivity contribution in [3.63, 3.8) is 0 Å². The van der Waals surface area contributed by atoms with Crippen LogP contribution in [0.3, 0.4) is 0 Å². The number of amides is 1. The molecule has 1 heterocycles. The standard InChI is InChI=1S/C19H17Cl2N3O3S/c1-11-3-6-14(7-4-11)22-17(25)10-28-19-24-23-18(27-19)12(2)26-16-8-5-13(20)9-15(16)21/h3-9,12H,10H2,1-2H3,(H,22,25)/t12-/m1/s1. The lowest BCUT2D eigenvalue weighted by Crippen LogP contribution is -2.13. The van der Waals surface area contributed by atoms with Crippen LogP contribution < -0.4 is 10.1 Å². The van der Waals surface area contributed by atoms with Crippen LogP contribution in [0.2, 0.25) is 10.0 Å². The van der Waals surface area contributed by atoms with Crippen molar-refractivity contribution in [2.24, 2.45) is 0 Å². The summed E-state index contributed by atoms with van der Waals surface area (Å²) in [4.78, 5) is 12.0. The third kappa shape index (κ3) is 5.64. The number of hydrogen-bond acceptors (Lipinski definition) is 6. The van der Waals surface area contributed by atoms with Gasteiger partial charge in [0.15, 0.2) is 6.10 Å². The quantitative estimate of drug-likeness (QED) is 0.487. The van der Waals surface area contributed by atoms with Gasteiger partial charge in [0.25, 0.3) is 11.1 Å². The maximum absolute atomic E-state index is 12.0. The number of carbonyl (C=O) groups excluding carboxylic acids is 1. The van der Waals surface area contributed by atoms with Crippen molar-refractivity contribution in [2.75, 3.05) is 11.1 Å². The van der Waals surface area contributed by atoms with Crippen molar-refractivity contribution in [2.45, 2.75) is 25.2 Å². The number of benzene rings is 2. The molecule has 146 valence electrons. The van der Waals surface area contributed by atoms with Gasteiger partial charge < -0.3 is 14.5 Å². The van der Waals surface area contributed by atoms with Crippen molar-refractivity contribution in [1.29, 1.82) is 0 Å². The van der Waals surface area contributed by atoms with Crippen LogP contribution in [0.25, 0.3) is 0 Å². The van der Waals surface area contributed by atoms with Crippen LogP contribution in [-0.2, 0) is 4.79 Å². The minimum Gasteiger partial charge on any atom is -0.479 e. The van der Waals surface area contributed by atoms with Crippen LogP contribution in [0.4, 0.5) is 5.69 Å². The second-order valence-electron chi connectivity index (χ2n) is 5.94. The van der Waals surface area contributed by atoms with Gasteiger partial charge in [-0.05, 0) is 44.2 Å². The van der Waals surface area contributed by atoms with Crippen LogP contribution in [-0.4, -0.2) is 21.9 Å². The van der Waals surface area contributed by atoms with Gasteiger partial charge >= 0.3 is 0 Å². The number of hydrogen-bond donors (Lipinski definition) is 1. The molecule has 0 aliphatic heterocycles. The molecule has 6 nitrogen and oxygen atoms in total. The summed E-state index contributed by atoms with van der Waals surface area (Å²) in [5.41, 5.74) is 1.87. The van der Waals surface area contributed by atoms with Gasteiger partial charge in [0.2, 0.25) is 5.91 Å². The van der Waals surface area contributed by atoms with Gasteiger partial charge in [-0.3, -0.25) is 4.79 Å². The van der Waals surface area contributed by atoms with Crippen LogP contribution in [0, 0.1) is 6.92 Å². The molecule has 0 fully saturated rings. The zero-order chi connectivity index (χ0) is 20.1. The highest BCUT2D eigenvalue weighted by Gasteiger charge is 2.18. The Balaban J connectivity index is 1.53. The molecule has 9 heteroatoms. The number of rotatable bonds is 7. The van der Waals surface area contributed by atoms with Crippen molar-refractivity contribution >= 4 is 46.6 Å². The normalized spacial score (nSPS) is 11.9. The molecule has 3 rings (SSSR count). The van der Waals surface area contributed by atoms with E-state index in [1.54, 1.807) is 25.1 Å². The van der Waals surface area contributed by atoms with E-state index in [4.69, 9.17) is 32.4 Å². The number of nitrogens with zero attached hydrogens (tertiary/aromatic N) is 2. The molecule has 3 aromatic rings. The zero-order valence-corrected chi connectivity index (χ0v) is 17.4. The summed E-state index contributed by atoms with van der Waals surface area (Å²) in [5, 5.41) is 11.9. The van der Waals surface area contributed by atoms with Crippen LogP contribution in [0.1, 0.15) is 24.5 Å². The van der Waals surface area contributed by atoms with E-state index >= 15 is 0 Å². The van der Waals surface area contributed by atoms with Gasteiger partial charge in [0.05, 0.1) is 10.8 Å². The molecule has 0 aliphatic rings. The Hall–Kier alpha value is -2.22. The van der Waals surface area contributed by atoms with Crippen LogP contribution in [0.15, 0.2) is 52.1 Å². The predicted octanol–water partition coefficient (Wildman–Crippen LogP) is 5.56. The number of aryl methyl sites for hydroxylation is 1. The molecule has 0 spiro atoms. The fourth-order valence-corrected chi connectivity index (χ4v) is 3.24. The smallest absolute Gasteiger partial charge is 0.277 e. The number of anilines is 1. The van der Waals surface area contributed by atoms with Crippen molar-refractivity contribution in [1.82, 2.24) is 10.2 Å². The molecular formula is C19H17Cl2N3O3S. The third-order valence-electron chi connectivity index (χ3n) is 3.63. The van der Waals surface area contributed by atoms with E-state index in [9.17, 15) is 4.79 Å². The second kappa shape index (κ2) is 9.32. The summed E-state index contributed by atoms with van der Waals surface area (Å²) in [7, 11) is 0. The lowest BCUT2D eigenvalue weighted by Gasteiger charge is -2.12. The Kier molecular flexibility index (Phi) is 6.83. The van der Waals surface area contributed by atoms with Crippen molar-refractivity contribution in [3.8, 4) is 5.75 Å². The van der Waals surface area contributed by atoms with Gasteiger partial charge in [0, 0.05) is 10.7 Å². The van der Waals surface area contributed by atoms with Gasteiger partial charge in [-0.2, -0.15) is 0 Å². The maximum atomic E-state index is 12.0. The minimum atomic E-state index is -0.512. The van der Waals surface area contributed by atoms with Crippen LogP contribution >= 0.6 is 35.0 Å². The van der Waals surface area contributed by atoms with Crippen molar-refractivity contribution in [3.05, 3.63) is 64.0 Å². The lowest BCUT2D eigenvalue weighted by molar-refractivity contribution is -0.113. The highest BCUT2D eigenvalue weighted by Crippen LogP contribution is 2.31. The Labute approximate surface area is 176 Å². The summed E-state index contributed by atoms with van der Waals surface area (Å²) in [6.45, 7) is 3.75. The van der Waals surface area contributed by atoms with Gasteiger partial charge in [-0.25, -0.2) is 0 Å². The third-order valence-corrected chi connectivity index (χ3v) is 4.98. The minimum absolute atomic E-state index is 0.147. The van der Waals surface area contributed by atoms with Crippen molar-refractivity contribution < 1.29 is 13.9 Å². The first-order chi connectivity index (χ1) is 13.4. The molecule has 1 aromatic heterocycles. The van der Waals surface area contributed by atoms with E-state index in [1.165, 1.54) is 0 Å². The molecule has 1 N–H and O–H groups in total. The van der Waals surface area contributed by atoms with Gasteiger partial charge in [-0.15, -0.1) is 10.2 Å². The second-order valence-corrected chi connectivity index (χ2v) is 7.71. The first kappa shape index (κ1) is 20.5. The van der Waals surface area contributed by atoms with E-state index in [0.717, 1.165) is 23.0 Å². The SMILES string of the molecule is Cc1ccc(NC(=O)CSc2nnc([C@@H](C)Oc3ccc(Cl)cc3Cl)o2)cc1. The first-order valence-corrected chi connectivity index (χ1v) is 10.1. The van der Waals surface area contributed by atoms with E-state index in [-0.39, 0.29) is 22.8 Å². The largest absolute Gasteiger partial charge is 0.479 e. The Morgan fingerprint density at radius 2 is 1.96 bits per heavy atom. The number of nitrogens with one attached hydrogen (secondary N) is 1. The zero-order valence-electron chi connectivity index (χ0n) is 15.1. The fraction of sp³-hybridized carbons (Fsp3) is 0.211. The molecular weight excluding hydrogens is 421 g/mol. The lowest BCUT2D eigenvalue weighted by atomic mass is 10.2. The topological polar surface area (TPSA) is 77.2 Å². The Bertz CT molecular complexity index is 963. The molecule has 0 radical (unpaired) electrons. The van der Waals surface area contributed by atoms with E-state index in [0.29, 0.717) is 15.8 Å². The summed E-state index contributed by atoms with van der Waals surface area (Å²) in [6, 6.07) is 12.5. The van der Waals surface area contributed by atoms with Crippen LogP contribution in [0.5, 0.6) is 5.75 Å². The number of carbonyl (C=O) groups is 1. The first-order valence-electron chi connectivity index (χ1n) is 8.35. The summed E-state index contributed by atoms with van der Waals surface area (Å²) < 4.78 is 11.3. The predicted molar refractivity (Wildman–Crippen MR) is 110 cm³/mol. The number of aromatic nitrogens is 2. The highest BCUT2D eigenvalue weighted by atomic mass is 35.5. The fourth-order valence-electron chi connectivity index (χ4n) is 2.22. The monoisotopic (exact) mass is 437 g/mol. The van der Waals surface area contributed by atoms with Gasteiger partial charge in [0.1, 0.15) is 5.75 Å². The number of halogens is 2. The highest BCUT2D eigenvalue weighted by molar-refractivity contribution is 7.99. The summed E-state index contributed by atoms with van der Waals surface area (Å²) in [5.74, 6) is 0.732. The molecule has 1 amide bonds. The molecule has 0 bridgehead atoms. The molecule has 0 saturated carbocycles. The maximum Gasteiger partial charge on any atom is 0.277 e. The number of ether oxygens (including phenoxy) is 1. The summed E-state index contributed by atoms with van der Waals surface area (Å²) in [6.07, 6.45) is -0.512. The average Bonchev–Trinajstić information content (AvgIpc) is 3.13. The molecule has 2 aromatic carbocycles. The Morgan fingerprint density at radius 1 is 1.21 bits per heavy atom. The number of thioether (sulfide) groups is 1.